The molecule has 0 aliphatic rings. The number of methoxy groups -OCH3 is 1. The van der Waals surface area contributed by atoms with E-state index >= 15 is 0 Å². The zero-order valence-corrected chi connectivity index (χ0v) is 12.3. The molecule has 2 aromatic rings. The molecule has 1 aromatic carbocycles. The fraction of sp³-hybridized carbons (Fsp3) is 0.154. The summed E-state index contributed by atoms with van der Waals surface area (Å²) in [4.78, 5) is 18.8. The van der Waals surface area contributed by atoms with E-state index in [4.69, 9.17) is 14.6 Å². The van der Waals surface area contributed by atoms with Crippen LogP contribution in [0.2, 0.25) is 0 Å². The van der Waals surface area contributed by atoms with E-state index < -0.39 is 5.97 Å². The van der Waals surface area contributed by atoms with E-state index in [0.717, 1.165) is 0 Å². The van der Waals surface area contributed by atoms with Crippen LogP contribution < -0.4 is 9.47 Å². The molecule has 0 unspecified atom stereocenters. The van der Waals surface area contributed by atoms with E-state index in [-0.39, 0.29) is 11.7 Å². The maximum atomic E-state index is 10.9. The SMILES string of the molecule is COc1ccc(Oc2nc(C)cc(C(=O)O)n2)c(Br)c1. The Morgan fingerprint density at radius 1 is 1.30 bits per heavy atom. The van der Waals surface area contributed by atoms with Gasteiger partial charge < -0.3 is 14.6 Å². The number of nitrogens with zero attached hydrogens (tertiary/aromatic N) is 2. The van der Waals surface area contributed by atoms with Gasteiger partial charge in [0.05, 0.1) is 11.6 Å². The lowest BCUT2D eigenvalue weighted by Gasteiger charge is -2.08. The first-order valence-electron chi connectivity index (χ1n) is 5.60. The zero-order chi connectivity index (χ0) is 14.7. The summed E-state index contributed by atoms with van der Waals surface area (Å²) in [6.45, 7) is 1.67. The molecule has 20 heavy (non-hydrogen) atoms. The first-order valence-corrected chi connectivity index (χ1v) is 6.39. The molecular weight excluding hydrogens is 328 g/mol. The number of carbonyl (C=O) groups is 1. The van der Waals surface area contributed by atoms with E-state index in [2.05, 4.69) is 25.9 Å². The van der Waals surface area contributed by atoms with Gasteiger partial charge in [0, 0.05) is 5.69 Å². The van der Waals surface area contributed by atoms with Crippen LogP contribution in [-0.4, -0.2) is 28.2 Å². The number of aromatic carboxylic acids is 1. The minimum absolute atomic E-state index is 0.0201. The van der Waals surface area contributed by atoms with E-state index in [9.17, 15) is 4.79 Å². The van der Waals surface area contributed by atoms with Crippen LogP contribution in [0.4, 0.5) is 0 Å². The molecule has 0 fully saturated rings. The number of benzene rings is 1. The van der Waals surface area contributed by atoms with Gasteiger partial charge in [-0.15, -0.1) is 0 Å². The molecule has 0 amide bonds. The average molecular weight is 339 g/mol. The van der Waals surface area contributed by atoms with Crippen molar-refractivity contribution in [3.8, 4) is 17.5 Å². The number of carboxylic acids is 1. The first-order chi connectivity index (χ1) is 9.49. The van der Waals surface area contributed by atoms with Crippen LogP contribution in [0.15, 0.2) is 28.7 Å². The van der Waals surface area contributed by atoms with Crippen molar-refractivity contribution in [2.24, 2.45) is 0 Å². The minimum Gasteiger partial charge on any atom is -0.497 e. The highest BCUT2D eigenvalue weighted by atomic mass is 79.9. The van der Waals surface area contributed by atoms with Crippen LogP contribution in [0.25, 0.3) is 0 Å². The second-order valence-electron chi connectivity index (χ2n) is 3.88. The molecule has 6 nitrogen and oxygen atoms in total. The van der Waals surface area contributed by atoms with Gasteiger partial charge in [0.25, 0.3) is 0 Å². The predicted octanol–water partition coefficient (Wildman–Crippen LogP) is 3.05. The maximum absolute atomic E-state index is 10.9. The van der Waals surface area contributed by atoms with Crippen LogP contribution in [-0.2, 0) is 0 Å². The molecule has 104 valence electrons. The number of halogens is 1. The van der Waals surface area contributed by atoms with Crippen LogP contribution in [0.3, 0.4) is 0 Å². The van der Waals surface area contributed by atoms with Gasteiger partial charge >= 0.3 is 12.0 Å². The Morgan fingerprint density at radius 2 is 2.05 bits per heavy atom. The van der Waals surface area contributed by atoms with Gasteiger partial charge in [-0.05, 0) is 47.1 Å². The lowest BCUT2D eigenvalue weighted by molar-refractivity contribution is 0.0689. The third kappa shape index (κ3) is 3.24. The van der Waals surface area contributed by atoms with Crippen molar-refractivity contribution in [2.75, 3.05) is 7.11 Å². The Morgan fingerprint density at radius 3 is 2.65 bits per heavy atom. The van der Waals surface area contributed by atoms with E-state index in [1.807, 2.05) is 0 Å². The van der Waals surface area contributed by atoms with Crippen molar-refractivity contribution < 1.29 is 19.4 Å². The maximum Gasteiger partial charge on any atom is 0.354 e. The van der Waals surface area contributed by atoms with Gasteiger partial charge in [0.1, 0.15) is 11.5 Å². The lowest BCUT2D eigenvalue weighted by Crippen LogP contribution is -2.04. The molecule has 0 spiro atoms. The molecule has 0 saturated carbocycles. The van der Waals surface area contributed by atoms with Crippen LogP contribution in [0.1, 0.15) is 16.2 Å². The van der Waals surface area contributed by atoms with Crippen molar-refractivity contribution >= 4 is 21.9 Å². The zero-order valence-electron chi connectivity index (χ0n) is 10.8. The fourth-order valence-electron chi connectivity index (χ4n) is 1.49. The highest BCUT2D eigenvalue weighted by Crippen LogP contribution is 2.31. The molecule has 1 N–H and O–H groups in total. The quantitative estimate of drug-likeness (QED) is 0.922. The molecule has 0 saturated heterocycles. The van der Waals surface area contributed by atoms with Crippen LogP contribution in [0.5, 0.6) is 17.5 Å². The third-order valence-corrected chi connectivity index (χ3v) is 3.01. The van der Waals surface area contributed by atoms with Crippen molar-refractivity contribution in [3.63, 3.8) is 0 Å². The van der Waals surface area contributed by atoms with Crippen molar-refractivity contribution in [3.05, 3.63) is 40.1 Å². The van der Waals surface area contributed by atoms with E-state index in [0.29, 0.717) is 21.7 Å². The summed E-state index contributed by atoms with van der Waals surface area (Å²) < 4.78 is 11.2. The summed E-state index contributed by atoms with van der Waals surface area (Å²) in [5.41, 5.74) is 0.397. The van der Waals surface area contributed by atoms with Crippen LogP contribution in [0, 0.1) is 6.92 Å². The summed E-state index contributed by atoms with van der Waals surface area (Å²) >= 11 is 3.33. The smallest absolute Gasteiger partial charge is 0.354 e. The highest BCUT2D eigenvalue weighted by Gasteiger charge is 2.12. The van der Waals surface area contributed by atoms with E-state index in [1.54, 1.807) is 32.2 Å². The topological polar surface area (TPSA) is 81.5 Å². The Kier molecular flexibility index (Phi) is 4.19. The second kappa shape index (κ2) is 5.87. The summed E-state index contributed by atoms with van der Waals surface area (Å²) in [6.07, 6.45) is 0. The molecule has 0 radical (unpaired) electrons. The largest absolute Gasteiger partial charge is 0.497 e. The fourth-order valence-corrected chi connectivity index (χ4v) is 1.92. The third-order valence-electron chi connectivity index (χ3n) is 2.39. The molecule has 0 atom stereocenters. The standard InChI is InChI=1S/C13H11BrN2O4/c1-7-5-10(12(17)18)16-13(15-7)20-11-4-3-8(19-2)6-9(11)14/h3-6H,1-2H3,(H,17,18). The number of aromatic nitrogens is 2. The number of ether oxygens (including phenoxy) is 2. The summed E-state index contributed by atoms with van der Waals surface area (Å²) in [7, 11) is 1.56. The average Bonchev–Trinajstić information content (AvgIpc) is 2.40. The van der Waals surface area contributed by atoms with Gasteiger partial charge in [-0.25, -0.2) is 9.78 Å². The summed E-state index contributed by atoms with van der Waals surface area (Å²) in [6, 6.07) is 6.47. The Bertz CT molecular complexity index is 661. The number of carboxylic acid groups (broad SMARTS) is 1. The number of hydrogen-bond donors (Lipinski definition) is 1. The Hall–Kier alpha value is -2.15. The number of aryl methyl sites for hydroxylation is 1. The monoisotopic (exact) mass is 338 g/mol. The Balaban J connectivity index is 2.32. The molecule has 0 aliphatic heterocycles. The summed E-state index contributed by atoms with van der Waals surface area (Å²) in [5, 5.41) is 8.95. The molecule has 0 aliphatic carbocycles. The van der Waals surface area contributed by atoms with Gasteiger partial charge in [-0.2, -0.15) is 4.98 Å². The van der Waals surface area contributed by atoms with Gasteiger partial charge in [0.15, 0.2) is 5.69 Å². The highest BCUT2D eigenvalue weighted by molar-refractivity contribution is 9.10. The van der Waals surface area contributed by atoms with Crippen molar-refractivity contribution in [2.45, 2.75) is 6.92 Å². The van der Waals surface area contributed by atoms with E-state index in [1.165, 1.54) is 6.07 Å². The Labute approximate surface area is 123 Å². The number of hydrogen-bond acceptors (Lipinski definition) is 5. The molecule has 0 bridgehead atoms. The molecular formula is C13H11BrN2O4. The molecule has 7 heteroatoms. The van der Waals surface area contributed by atoms with Crippen molar-refractivity contribution in [1.82, 2.24) is 9.97 Å². The minimum atomic E-state index is -1.13. The normalized spacial score (nSPS) is 10.2. The summed E-state index contributed by atoms with van der Waals surface area (Å²) in [5.74, 6) is 0.00231. The predicted molar refractivity (Wildman–Crippen MR) is 74.5 cm³/mol. The first kappa shape index (κ1) is 14.3. The van der Waals surface area contributed by atoms with Crippen molar-refractivity contribution in [1.29, 1.82) is 0 Å². The van der Waals surface area contributed by atoms with Gasteiger partial charge in [-0.1, -0.05) is 0 Å². The second-order valence-corrected chi connectivity index (χ2v) is 4.74. The molecule has 1 aromatic heterocycles. The van der Waals surface area contributed by atoms with Gasteiger partial charge in [-0.3, -0.25) is 0 Å². The molecule has 2 rings (SSSR count). The number of rotatable bonds is 4. The molecule has 1 heterocycles. The van der Waals surface area contributed by atoms with Crippen LogP contribution >= 0.6 is 15.9 Å². The van der Waals surface area contributed by atoms with Gasteiger partial charge in [0.2, 0.25) is 0 Å². The lowest BCUT2D eigenvalue weighted by atomic mass is 10.3.